The van der Waals surface area contributed by atoms with Gasteiger partial charge in [-0.3, -0.25) is 0 Å². The zero-order valence-electron chi connectivity index (χ0n) is 13.3. The van der Waals surface area contributed by atoms with Gasteiger partial charge in [-0.2, -0.15) is 0 Å². The molecule has 1 aliphatic heterocycles. The molecule has 22 heavy (non-hydrogen) atoms. The van der Waals surface area contributed by atoms with Crippen molar-refractivity contribution < 1.29 is 17.9 Å². The largest absolute Gasteiger partial charge is 0.495 e. The van der Waals surface area contributed by atoms with Crippen LogP contribution in [0.25, 0.3) is 0 Å². The number of hydrogen-bond acceptors (Lipinski definition) is 5. The second-order valence-corrected chi connectivity index (χ2v) is 7.33. The van der Waals surface area contributed by atoms with Crippen LogP contribution in [0.5, 0.6) is 5.75 Å². The number of hydrogen-bond donors (Lipinski definition) is 1. The molecule has 0 radical (unpaired) electrons. The SMILES string of the molecule is COc1ccc(C)cc1S(=O)(=O)NCCC1CN(C)CCO1. The Labute approximate surface area is 132 Å². The maximum absolute atomic E-state index is 12.4. The van der Waals surface area contributed by atoms with E-state index in [1.807, 2.05) is 20.0 Å². The summed E-state index contributed by atoms with van der Waals surface area (Å²) in [5, 5.41) is 0. The highest BCUT2D eigenvalue weighted by Gasteiger charge is 2.21. The summed E-state index contributed by atoms with van der Waals surface area (Å²) in [6, 6.07) is 5.11. The van der Waals surface area contributed by atoms with Gasteiger partial charge in [0.1, 0.15) is 10.6 Å². The molecule has 1 N–H and O–H groups in total. The first kappa shape index (κ1) is 17.2. The molecule has 1 fully saturated rings. The van der Waals surface area contributed by atoms with Crippen LogP contribution in [0.3, 0.4) is 0 Å². The Morgan fingerprint density at radius 1 is 1.45 bits per heavy atom. The third kappa shape index (κ3) is 4.42. The highest BCUT2D eigenvalue weighted by molar-refractivity contribution is 7.89. The Balaban J connectivity index is 1.98. The van der Waals surface area contributed by atoms with Gasteiger partial charge in [-0.25, -0.2) is 13.1 Å². The standard InChI is InChI=1S/C15H24N2O4S/c1-12-4-5-14(20-3)15(10-12)22(18,19)16-7-6-13-11-17(2)8-9-21-13/h4-5,10,13,16H,6-9,11H2,1-3H3. The van der Waals surface area contributed by atoms with Gasteiger partial charge in [0.2, 0.25) is 10.0 Å². The molecule has 0 bridgehead atoms. The van der Waals surface area contributed by atoms with Crippen LogP contribution >= 0.6 is 0 Å². The van der Waals surface area contributed by atoms with Crippen molar-refractivity contribution in [3.63, 3.8) is 0 Å². The highest BCUT2D eigenvalue weighted by Crippen LogP contribution is 2.24. The van der Waals surface area contributed by atoms with Crippen LogP contribution in [-0.4, -0.2) is 59.8 Å². The van der Waals surface area contributed by atoms with E-state index < -0.39 is 10.0 Å². The summed E-state index contributed by atoms with van der Waals surface area (Å²) in [5.74, 6) is 0.353. The molecule has 0 amide bonds. The van der Waals surface area contributed by atoms with E-state index in [4.69, 9.17) is 9.47 Å². The van der Waals surface area contributed by atoms with Gasteiger partial charge in [-0.15, -0.1) is 0 Å². The summed E-state index contributed by atoms with van der Waals surface area (Å²) in [5.41, 5.74) is 0.874. The molecule has 1 saturated heterocycles. The van der Waals surface area contributed by atoms with Gasteiger partial charge in [0.15, 0.2) is 0 Å². The first-order valence-corrected chi connectivity index (χ1v) is 8.85. The summed E-state index contributed by atoms with van der Waals surface area (Å²) in [6.07, 6.45) is 0.721. The first-order valence-electron chi connectivity index (χ1n) is 7.37. The fraction of sp³-hybridized carbons (Fsp3) is 0.600. The van der Waals surface area contributed by atoms with Crippen molar-refractivity contribution in [1.82, 2.24) is 9.62 Å². The maximum atomic E-state index is 12.4. The number of nitrogens with zero attached hydrogens (tertiary/aromatic N) is 1. The van der Waals surface area contributed by atoms with Crippen LogP contribution < -0.4 is 9.46 Å². The van der Waals surface area contributed by atoms with E-state index >= 15 is 0 Å². The minimum Gasteiger partial charge on any atom is -0.495 e. The van der Waals surface area contributed by atoms with E-state index in [1.165, 1.54) is 7.11 Å². The van der Waals surface area contributed by atoms with Crippen molar-refractivity contribution in [1.29, 1.82) is 0 Å². The number of aryl methyl sites for hydroxylation is 1. The van der Waals surface area contributed by atoms with Crippen molar-refractivity contribution in [2.75, 3.05) is 40.4 Å². The quantitative estimate of drug-likeness (QED) is 0.844. The molecule has 0 spiro atoms. The lowest BCUT2D eigenvalue weighted by Crippen LogP contribution is -2.41. The molecule has 6 nitrogen and oxygen atoms in total. The van der Waals surface area contributed by atoms with Crippen LogP contribution in [0.1, 0.15) is 12.0 Å². The number of likely N-dealkylation sites (N-methyl/N-ethyl adjacent to an activating group) is 1. The zero-order valence-corrected chi connectivity index (χ0v) is 14.1. The minimum absolute atomic E-state index is 0.0702. The summed E-state index contributed by atoms with van der Waals surface area (Å²) in [6.45, 7) is 4.64. The van der Waals surface area contributed by atoms with Crippen LogP contribution in [0.2, 0.25) is 0 Å². The molecule has 1 atom stereocenters. The third-order valence-corrected chi connectivity index (χ3v) is 5.19. The smallest absolute Gasteiger partial charge is 0.244 e. The molecule has 1 aliphatic rings. The van der Waals surface area contributed by atoms with Crippen LogP contribution in [0.15, 0.2) is 23.1 Å². The molecule has 2 rings (SSSR count). The Bertz CT molecular complexity index is 604. The predicted molar refractivity (Wildman–Crippen MR) is 84.8 cm³/mol. The van der Waals surface area contributed by atoms with E-state index in [0.29, 0.717) is 25.3 Å². The van der Waals surface area contributed by atoms with Gasteiger partial charge in [-0.1, -0.05) is 6.07 Å². The van der Waals surface area contributed by atoms with Crippen molar-refractivity contribution >= 4 is 10.0 Å². The lowest BCUT2D eigenvalue weighted by molar-refractivity contribution is -0.0222. The Hall–Kier alpha value is -1.15. The minimum atomic E-state index is -3.58. The van der Waals surface area contributed by atoms with Gasteiger partial charge in [0.25, 0.3) is 0 Å². The lowest BCUT2D eigenvalue weighted by Gasteiger charge is -2.30. The maximum Gasteiger partial charge on any atom is 0.244 e. The molecule has 1 aromatic carbocycles. The number of morpholine rings is 1. The van der Waals surface area contributed by atoms with Crippen molar-refractivity contribution in [2.24, 2.45) is 0 Å². The molecule has 124 valence electrons. The average Bonchev–Trinajstić information content (AvgIpc) is 2.47. The van der Waals surface area contributed by atoms with Gasteiger partial charge in [-0.05, 0) is 38.1 Å². The Morgan fingerprint density at radius 3 is 2.91 bits per heavy atom. The van der Waals surface area contributed by atoms with Gasteiger partial charge >= 0.3 is 0 Å². The van der Waals surface area contributed by atoms with E-state index in [1.54, 1.807) is 12.1 Å². The normalized spacial score (nSPS) is 20.0. The Kier molecular flexibility index (Phi) is 5.80. The van der Waals surface area contributed by atoms with Gasteiger partial charge in [0, 0.05) is 19.6 Å². The summed E-state index contributed by atoms with van der Waals surface area (Å²) < 4.78 is 38.3. The third-order valence-electron chi connectivity index (χ3n) is 3.71. The summed E-state index contributed by atoms with van der Waals surface area (Å²) in [4.78, 5) is 2.36. The fourth-order valence-corrected chi connectivity index (χ4v) is 3.77. The molecular formula is C15H24N2O4S. The topological polar surface area (TPSA) is 67.9 Å². The molecule has 1 unspecified atom stereocenters. The predicted octanol–water partition coefficient (Wildman–Crippen LogP) is 1.00. The number of rotatable bonds is 6. The fourth-order valence-electron chi connectivity index (χ4n) is 2.47. The van der Waals surface area contributed by atoms with Crippen LogP contribution in [-0.2, 0) is 14.8 Å². The second-order valence-electron chi connectivity index (χ2n) is 5.60. The van der Waals surface area contributed by atoms with Crippen molar-refractivity contribution in [2.45, 2.75) is 24.3 Å². The van der Waals surface area contributed by atoms with E-state index in [0.717, 1.165) is 18.7 Å². The first-order chi connectivity index (χ1) is 10.4. The van der Waals surface area contributed by atoms with E-state index in [2.05, 4.69) is 9.62 Å². The van der Waals surface area contributed by atoms with Gasteiger partial charge < -0.3 is 14.4 Å². The average molecular weight is 328 g/mol. The molecule has 0 aliphatic carbocycles. The molecular weight excluding hydrogens is 304 g/mol. The van der Waals surface area contributed by atoms with Crippen molar-refractivity contribution in [3.05, 3.63) is 23.8 Å². The lowest BCUT2D eigenvalue weighted by atomic mass is 10.2. The molecule has 7 heteroatoms. The van der Waals surface area contributed by atoms with Crippen LogP contribution in [0, 0.1) is 6.92 Å². The summed E-state index contributed by atoms with van der Waals surface area (Å²) >= 11 is 0. The summed E-state index contributed by atoms with van der Waals surface area (Å²) in [7, 11) is -0.0774. The van der Waals surface area contributed by atoms with Crippen LogP contribution in [0.4, 0.5) is 0 Å². The molecule has 0 aromatic heterocycles. The molecule has 1 aromatic rings. The number of methoxy groups -OCH3 is 1. The zero-order chi connectivity index (χ0) is 16.2. The number of ether oxygens (including phenoxy) is 2. The van der Waals surface area contributed by atoms with E-state index in [-0.39, 0.29) is 11.0 Å². The van der Waals surface area contributed by atoms with Crippen molar-refractivity contribution in [3.8, 4) is 5.75 Å². The second kappa shape index (κ2) is 7.41. The molecule has 0 saturated carbocycles. The number of nitrogens with one attached hydrogen (secondary N) is 1. The molecule has 1 heterocycles. The number of benzene rings is 1. The monoisotopic (exact) mass is 328 g/mol. The van der Waals surface area contributed by atoms with Gasteiger partial charge in [0.05, 0.1) is 19.8 Å². The van der Waals surface area contributed by atoms with E-state index in [9.17, 15) is 8.42 Å². The Morgan fingerprint density at radius 2 is 2.23 bits per heavy atom. The number of sulfonamides is 1. The highest BCUT2D eigenvalue weighted by atomic mass is 32.2.